The Bertz CT molecular complexity index is 607. The van der Waals surface area contributed by atoms with Gasteiger partial charge in [0.1, 0.15) is 0 Å². The van der Waals surface area contributed by atoms with Crippen molar-refractivity contribution in [1.29, 1.82) is 0 Å². The summed E-state index contributed by atoms with van der Waals surface area (Å²) in [6, 6.07) is 0.259. The van der Waals surface area contributed by atoms with Gasteiger partial charge in [-0.3, -0.25) is 9.89 Å². The Hall–Kier alpha value is -0.880. The molecule has 2 fully saturated rings. The quantitative estimate of drug-likeness (QED) is 0.812. The van der Waals surface area contributed by atoms with Crippen LogP contribution in [0, 0.1) is 5.41 Å². The lowest BCUT2D eigenvalue weighted by Gasteiger charge is -2.56. The van der Waals surface area contributed by atoms with E-state index in [-0.39, 0.29) is 17.4 Å². The second-order valence-electron chi connectivity index (χ2n) is 7.51. The first kappa shape index (κ1) is 17.9. The molecular formula is C18H28BrN3O2. The Morgan fingerprint density at radius 3 is 2.67 bits per heavy atom. The van der Waals surface area contributed by atoms with Crippen LogP contribution < -0.4 is 0 Å². The van der Waals surface area contributed by atoms with Crippen LogP contribution in [0.15, 0.2) is 4.47 Å². The third kappa shape index (κ3) is 2.71. The highest BCUT2D eigenvalue weighted by molar-refractivity contribution is 9.10. The van der Waals surface area contributed by atoms with Crippen molar-refractivity contribution in [3.8, 4) is 0 Å². The second kappa shape index (κ2) is 6.79. The van der Waals surface area contributed by atoms with E-state index in [0.29, 0.717) is 17.7 Å². The zero-order valence-electron chi connectivity index (χ0n) is 15.1. The van der Waals surface area contributed by atoms with E-state index in [0.717, 1.165) is 23.2 Å². The summed E-state index contributed by atoms with van der Waals surface area (Å²) < 4.78 is 6.77. The number of carbonyl (C=O) groups is 1. The number of amides is 1. The third-order valence-electron chi connectivity index (χ3n) is 5.94. The van der Waals surface area contributed by atoms with Gasteiger partial charge >= 0.3 is 0 Å². The van der Waals surface area contributed by atoms with Crippen LogP contribution in [0.2, 0.25) is 0 Å². The summed E-state index contributed by atoms with van der Waals surface area (Å²) >= 11 is 3.56. The van der Waals surface area contributed by atoms with Gasteiger partial charge in [-0.25, -0.2) is 0 Å². The van der Waals surface area contributed by atoms with E-state index >= 15 is 0 Å². The van der Waals surface area contributed by atoms with E-state index in [9.17, 15) is 4.79 Å². The fraction of sp³-hybridized carbons (Fsp3) is 0.778. The van der Waals surface area contributed by atoms with E-state index in [2.05, 4.69) is 46.9 Å². The molecule has 3 rings (SSSR count). The largest absolute Gasteiger partial charge is 0.378 e. The lowest BCUT2D eigenvalue weighted by atomic mass is 9.60. The van der Waals surface area contributed by atoms with Crippen molar-refractivity contribution < 1.29 is 9.53 Å². The van der Waals surface area contributed by atoms with Gasteiger partial charge < -0.3 is 9.64 Å². The molecule has 1 spiro atoms. The first-order chi connectivity index (χ1) is 11.4. The maximum Gasteiger partial charge on any atom is 0.275 e. The first-order valence-electron chi connectivity index (χ1n) is 9.05. The van der Waals surface area contributed by atoms with Crippen LogP contribution in [0.4, 0.5) is 0 Å². The van der Waals surface area contributed by atoms with E-state index in [1.807, 2.05) is 11.9 Å². The van der Waals surface area contributed by atoms with Gasteiger partial charge in [-0.15, -0.1) is 0 Å². The highest BCUT2D eigenvalue weighted by Crippen LogP contribution is 2.56. The second-order valence-corrected chi connectivity index (χ2v) is 8.30. The molecule has 6 heteroatoms. The topological polar surface area (TPSA) is 58.2 Å². The number of hydrogen-bond acceptors (Lipinski definition) is 3. The predicted molar refractivity (Wildman–Crippen MR) is 97.2 cm³/mol. The van der Waals surface area contributed by atoms with Gasteiger partial charge in [-0.2, -0.15) is 5.10 Å². The van der Waals surface area contributed by atoms with Crippen LogP contribution in [0.3, 0.4) is 0 Å². The zero-order chi connectivity index (χ0) is 17.5. The standard InChI is InChI=1S/C18H28BrN3O2/c1-5-24-13-10-12(18(13)8-6-7-9-18)22(4)17(23)16-14(19)15(11(2)3)20-21-16/h11-13H,5-10H2,1-4H3,(H,20,21)/t12-,13-/m0/s1. The fourth-order valence-electron chi connectivity index (χ4n) is 4.57. The molecule has 2 saturated carbocycles. The van der Waals surface area contributed by atoms with Crippen molar-refractivity contribution in [2.45, 2.75) is 70.9 Å². The smallest absolute Gasteiger partial charge is 0.275 e. The summed E-state index contributed by atoms with van der Waals surface area (Å²) in [5.41, 5.74) is 1.63. The molecule has 0 saturated heterocycles. The molecule has 5 nitrogen and oxygen atoms in total. The minimum Gasteiger partial charge on any atom is -0.378 e. The van der Waals surface area contributed by atoms with Crippen LogP contribution in [-0.4, -0.2) is 46.8 Å². The van der Waals surface area contributed by atoms with Gasteiger partial charge in [0.25, 0.3) is 5.91 Å². The SMILES string of the molecule is CCO[C@H]1C[C@H](N(C)C(=O)c2n[nH]c(C(C)C)c2Br)C12CCCC2. The fourth-order valence-corrected chi connectivity index (χ4v) is 5.37. The van der Waals surface area contributed by atoms with Crippen molar-refractivity contribution in [3.63, 3.8) is 0 Å². The molecule has 0 bridgehead atoms. The molecule has 0 unspecified atom stereocenters. The van der Waals surface area contributed by atoms with Gasteiger partial charge in [0.05, 0.1) is 16.3 Å². The van der Waals surface area contributed by atoms with Crippen LogP contribution >= 0.6 is 15.9 Å². The highest BCUT2D eigenvalue weighted by Gasteiger charge is 2.59. The highest BCUT2D eigenvalue weighted by atomic mass is 79.9. The maximum atomic E-state index is 13.0. The maximum absolute atomic E-state index is 13.0. The number of nitrogens with one attached hydrogen (secondary N) is 1. The van der Waals surface area contributed by atoms with Gasteiger partial charge in [-0.1, -0.05) is 26.7 Å². The van der Waals surface area contributed by atoms with Crippen LogP contribution in [0.25, 0.3) is 0 Å². The van der Waals surface area contributed by atoms with Crippen molar-refractivity contribution in [2.24, 2.45) is 5.41 Å². The summed E-state index contributed by atoms with van der Waals surface area (Å²) in [4.78, 5) is 14.9. The average Bonchev–Trinajstić information content (AvgIpc) is 3.18. The Balaban J connectivity index is 1.79. The van der Waals surface area contributed by atoms with Crippen molar-refractivity contribution >= 4 is 21.8 Å². The molecule has 134 valence electrons. The monoisotopic (exact) mass is 397 g/mol. The van der Waals surface area contributed by atoms with Crippen molar-refractivity contribution in [3.05, 3.63) is 15.9 Å². The molecule has 1 amide bonds. The summed E-state index contributed by atoms with van der Waals surface area (Å²) in [5.74, 6) is 0.294. The van der Waals surface area contributed by atoms with E-state index in [1.54, 1.807) is 0 Å². The molecule has 0 radical (unpaired) electrons. The summed E-state index contributed by atoms with van der Waals surface area (Å²) in [7, 11) is 1.92. The minimum absolute atomic E-state index is 0.00347. The molecule has 24 heavy (non-hydrogen) atoms. The molecule has 1 N–H and O–H groups in total. The summed E-state index contributed by atoms with van der Waals surface area (Å²) in [6.07, 6.45) is 6.06. The molecule has 2 aliphatic carbocycles. The van der Waals surface area contributed by atoms with E-state index < -0.39 is 0 Å². The Morgan fingerprint density at radius 2 is 2.12 bits per heavy atom. The molecule has 0 aromatic carbocycles. The Kier molecular flexibility index (Phi) is 5.07. The number of rotatable bonds is 5. The lowest BCUT2D eigenvalue weighted by molar-refractivity contribution is -0.152. The lowest BCUT2D eigenvalue weighted by Crippen LogP contribution is -2.64. The minimum atomic E-state index is -0.00347. The number of H-pyrrole nitrogens is 1. The molecule has 0 aliphatic heterocycles. The van der Waals surface area contributed by atoms with E-state index in [1.165, 1.54) is 25.7 Å². The van der Waals surface area contributed by atoms with Crippen LogP contribution in [-0.2, 0) is 4.74 Å². The Morgan fingerprint density at radius 1 is 1.46 bits per heavy atom. The van der Waals surface area contributed by atoms with Crippen LogP contribution in [0.1, 0.15) is 75.0 Å². The van der Waals surface area contributed by atoms with Crippen molar-refractivity contribution in [1.82, 2.24) is 15.1 Å². The van der Waals surface area contributed by atoms with Gasteiger partial charge in [0, 0.05) is 25.1 Å². The third-order valence-corrected chi connectivity index (χ3v) is 6.75. The number of aromatic amines is 1. The zero-order valence-corrected chi connectivity index (χ0v) is 16.6. The van der Waals surface area contributed by atoms with Crippen LogP contribution in [0.5, 0.6) is 0 Å². The molecule has 1 heterocycles. The molecular weight excluding hydrogens is 370 g/mol. The summed E-state index contributed by atoms with van der Waals surface area (Å²) in [6.45, 7) is 6.98. The number of aromatic nitrogens is 2. The molecule has 1 aromatic rings. The number of nitrogens with zero attached hydrogens (tertiary/aromatic N) is 2. The molecule has 2 atom stereocenters. The first-order valence-corrected chi connectivity index (χ1v) is 9.84. The number of halogens is 1. The average molecular weight is 398 g/mol. The van der Waals surface area contributed by atoms with E-state index in [4.69, 9.17) is 4.74 Å². The van der Waals surface area contributed by atoms with Gasteiger partial charge in [0.15, 0.2) is 5.69 Å². The van der Waals surface area contributed by atoms with Gasteiger partial charge in [0.2, 0.25) is 0 Å². The number of ether oxygens (including phenoxy) is 1. The predicted octanol–water partition coefficient (Wildman–Crippen LogP) is 4.11. The number of carbonyl (C=O) groups excluding carboxylic acids is 1. The summed E-state index contributed by atoms with van der Waals surface area (Å²) in [5, 5.41) is 7.28. The van der Waals surface area contributed by atoms with Crippen molar-refractivity contribution in [2.75, 3.05) is 13.7 Å². The van der Waals surface area contributed by atoms with Gasteiger partial charge in [-0.05, 0) is 48.0 Å². The Labute approximate surface area is 152 Å². The molecule has 2 aliphatic rings. The molecule has 1 aromatic heterocycles. The number of hydrogen-bond donors (Lipinski definition) is 1. The normalized spacial score (nSPS) is 25.2.